The zero-order chi connectivity index (χ0) is 12.5. The van der Waals surface area contributed by atoms with Crippen molar-refractivity contribution in [1.29, 1.82) is 0 Å². The molecule has 0 saturated carbocycles. The van der Waals surface area contributed by atoms with E-state index in [1.54, 1.807) is 0 Å². The van der Waals surface area contributed by atoms with E-state index in [4.69, 9.17) is 0 Å². The minimum atomic E-state index is 0.769. The summed E-state index contributed by atoms with van der Waals surface area (Å²) in [6.45, 7) is 9.69. The SMILES string of the molecule is CCCN1CCCC(NCCC(C)SC)CC1. The second kappa shape index (κ2) is 9.23. The second-order valence-corrected chi connectivity index (χ2v) is 6.53. The lowest BCUT2D eigenvalue weighted by molar-refractivity contribution is 0.282. The first-order chi connectivity index (χ1) is 8.26. The van der Waals surface area contributed by atoms with Crippen LogP contribution in [0.1, 0.15) is 46.0 Å². The fraction of sp³-hybridized carbons (Fsp3) is 1.00. The monoisotopic (exact) mass is 258 g/mol. The molecule has 2 nitrogen and oxygen atoms in total. The summed E-state index contributed by atoms with van der Waals surface area (Å²) >= 11 is 1.97. The van der Waals surface area contributed by atoms with Crippen LogP contribution in [0.25, 0.3) is 0 Å². The van der Waals surface area contributed by atoms with Gasteiger partial charge in [-0.1, -0.05) is 13.8 Å². The highest BCUT2D eigenvalue weighted by Gasteiger charge is 2.15. The summed E-state index contributed by atoms with van der Waals surface area (Å²) in [5.41, 5.74) is 0. The molecule has 0 aromatic carbocycles. The van der Waals surface area contributed by atoms with E-state index in [0.29, 0.717) is 0 Å². The van der Waals surface area contributed by atoms with E-state index in [1.807, 2.05) is 11.8 Å². The van der Waals surface area contributed by atoms with Crippen molar-refractivity contribution >= 4 is 11.8 Å². The number of thioether (sulfide) groups is 1. The molecular weight excluding hydrogens is 228 g/mol. The van der Waals surface area contributed by atoms with Crippen LogP contribution in [0.5, 0.6) is 0 Å². The number of nitrogens with one attached hydrogen (secondary N) is 1. The van der Waals surface area contributed by atoms with Crippen molar-refractivity contribution in [3.8, 4) is 0 Å². The van der Waals surface area contributed by atoms with E-state index in [2.05, 4.69) is 30.3 Å². The van der Waals surface area contributed by atoms with Gasteiger partial charge in [0.2, 0.25) is 0 Å². The molecule has 102 valence electrons. The Balaban J connectivity index is 2.13. The van der Waals surface area contributed by atoms with Crippen molar-refractivity contribution < 1.29 is 0 Å². The molecule has 2 atom stereocenters. The molecule has 0 aliphatic carbocycles. The molecule has 1 rings (SSSR count). The Kier molecular flexibility index (Phi) is 8.33. The number of hydrogen-bond donors (Lipinski definition) is 1. The minimum Gasteiger partial charge on any atom is -0.314 e. The van der Waals surface area contributed by atoms with Gasteiger partial charge in [0, 0.05) is 11.3 Å². The molecule has 0 spiro atoms. The Bertz CT molecular complexity index is 187. The van der Waals surface area contributed by atoms with Gasteiger partial charge in [-0.2, -0.15) is 11.8 Å². The van der Waals surface area contributed by atoms with Crippen LogP contribution in [0.2, 0.25) is 0 Å². The third kappa shape index (κ3) is 6.68. The molecule has 0 amide bonds. The first-order valence-corrected chi connectivity index (χ1v) is 8.53. The predicted molar refractivity (Wildman–Crippen MR) is 80.0 cm³/mol. The lowest BCUT2D eigenvalue weighted by atomic mass is 10.1. The Morgan fingerprint density at radius 2 is 2.18 bits per heavy atom. The fourth-order valence-electron chi connectivity index (χ4n) is 2.51. The number of rotatable bonds is 7. The third-order valence-electron chi connectivity index (χ3n) is 3.75. The normalized spacial score (nSPS) is 24.5. The number of likely N-dealkylation sites (tertiary alicyclic amines) is 1. The van der Waals surface area contributed by atoms with Gasteiger partial charge < -0.3 is 10.2 Å². The van der Waals surface area contributed by atoms with Crippen molar-refractivity contribution in [2.24, 2.45) is 0 Å². The summed E-state index contributed by atoms with van der Waals surface area (Å²) in [5.74, 6) is 0. The lowest BCUT2D eigenvalue weighted by Gasteiger charge is -2.20. The van der Waals surface area contributed by atoms with E-state index in [0.717, 1.165) is 11.3 Å². The van der Waals surface area contributed by atoms with Crippen LogP contribution in [0.4, 0.5) is 0 Å². The highest BCUT2D eigenvalue weighted by molar-refractivity contribution is 7.99. The average Bonchev–Trinajstić information content (AvgIpc) is 2.55. The Morgan fingerprint density at radius 1 is 1.35 bits per heavy atom. The largest absolute Gasteiger partial charge is 0.314 e. The smallest absolute Gasteiger partial charge is 0.00797 e. The number of hydrogen-bond acceptors (Lipinski definition) is 3. The van der Waals surface area contributed by atoms with Crippen LogP contribution in [0.15, 0.2) is 0 Å². The molecule has 0 radical (unpaired) electrons. The zero-order valence-electron chi connectivity index (χ0n) is 11.9. The Labute approximate surface area is 112 Å². The van der Waals surface area contributed by atoms with Crippen molar-refractivity contribution in [2.75, 3.05) is 32.4 Å². The van der Waals surface area contributed by atoms with E-state index < -0.39 is 0 Å². The van der Waals surface area contributed by atoms with Gasteiger partial charge in [-0.3, -0.25) is 0 Å². The van der Waals surface area contributed by atoms with Gasteiger partial charge in [0.1, 0.15) is 0 Å². The first kappa shape index (κ1) is 15.3. The predicted octanol–water partition coefficient (Wildman–Crippen LogP) is 2.98. The van der Waals surface area contributed by atoms with Crippen LogP contribution in [0.3, 0.4) is 0 Å². The zero-order valence-corrected chi connectivity index (χ0v) is 12.7. The summed E-state index contributed by atoms with van der Waals surface area (Å²) < 4.78 is 0. The van der Waals surface area contributed by atoms with E-state index in [-0.39, 0.29) is 0 Å². The van der Waals surface area contributed by atoms with E-state index in [1.165, 1.54) is 58.3 Å². The van der Waals surface area contributed by atoms with Crippen molar-refractivity contribution in [3.63, 3.8) is 0 Å². The molecule has 1 heterocycles. The maximum Gasteiger partial charge on any atom is 0.00797 e. The Hall–Kier alpha value is 0.270. The van der Waals surface area contributed by atoms with Crippen LogP contribution in [0, 0.1) is 0 Å². The molecule has 1 aliphatic rings. The molecule has 3 heteroatoms. The molecule has 0 aromatic rings. The minimum absolute atomic E-state index is 0.769. The van der Waals surface area contributed by atoms with Gasteiger partial charge in [-0.05, 0) is 64.5 Å². The second-order valence-electron chi connectivity index (χ2n) is 5.26. The highest BCUT2D eigenvalue weighted by Crippen LogP contribution is 2.13. The van der Waals surface area contributed by atoms with Gasteiger partial charge in [-0.15, -0.1) is 0 Å². The molecule has 1 fully saturated rings. The average molecular weight is 258 g/mol. The van der Waals surface area contributed by atoms with Gasteiger partial charge in [0.05, 0.1) is 0 Å². The van der Waals surface area contributed by atoms with Gasteiger partial charge in [0.25, 0.3) is 0 Å². The molecule has 1 saturated heterocycles. The standard InChI is InChI=1S/C14H30N2S/c1-4-10-16-11-5-6-14(8-12-16)15-9-7-13(2)17-3/h13-15H,4-12H2,1-3H3. The van der Waals surface area contributed by atoms with Gasteiger partial charge >= 0.3 is 0 Å². The molecule has 0 aromatic heterocycles. The summed E-state index contributed by atoms with van der Waals surface area (Å²) in [6.07, 6.45) is 8.88. The summed E-state index contributed by atoms with van der Waals surface area (Å²) in [7, 11) is 0. The summed E-state index contributed by atoms with van der Waals surface area (Å²) in [6, 6.07) is 0.769. The maximum atomic E-state index is 3.75. The molecule has 2 unspecified atom stereocenters. The van der Waals surface area contributed by atoms with Crippen LogP contribution < -0.4 is 5.32 Å². The maximum absolute atomic E-state index is 3.75. The topological polar surface area (TPSA) is 15.3 Å². The van der Waals surface area contributed by atoms with Gasteiger partial charge in [-0.25, -0.2) is 0 Å². The summed E-state index contributed by atoms with van der Waals surface area (Å²) in [4.78, 5) is 2.63. The molecule has 17 heavy (non-hydrogen) atoms. The van der Waals surface area contributed by atoms with Crippen LogP contribution >= 0.6 is 11.8 Å². The van der Waals surface area contributed by atoms with Crippen LogP contribution in [-0.2, 0) is 0 Å². The third-order valence-corrected chi connectivity index (χ3v) is 4.79. The van der Waals surface area contributed by atoms with Crippen LogP contribution in [-0.4, -0.2) is 48.6 Å². The van der Waals surface area contributed by atoms with Crippen molar-refractivity contribution in [1.82, 2.24) is 10.2 Å². The number of nitrogens with zero attached hydrogens (tertiary/aromatic N) is 1. The molecule has 1 aliphatic heterocycles. The van der Waals surface area contributed by atoms with E-state index in [9.17, 15) is 0 Å². The van der Waals surface area contributed by atoms with E-state index >= 15 is 0 Å². The van der Waals surface area contributed by atoms with Crippen molar-refractivity contribution in [3.05, 3.63) is 0 Å². The quantitative estimate of drug-likeness (QED) is 0.756. The highest BCUT2D eigenvalue weighted by atomic mass is 32.2. The Morgan fingerprint density at radius 3 is 2.88 bits per heavy atom. The lowest BCUT2D eigenvalue weighted by Crippen LogP contribution is -2.32. The molecule has 0 bridgehead atoms. The van der Waals surface area contributed by atoms with Crippen molar-refractivity contribution in [2.45, 2.75) is 57.2 Å². The first-order valence-electron chi connectivity index (χ1n) is 7.24. The summed E-state index contributed by atoms with van der Waals surface area (Å²) in [5, 5.41) is 4.55. The molecule has 1 N–H and O–H groups in total. The van der Waals surface area contributed by atoms with Gasteiger partial charge in [0.15, 0.2) is 0 Å². The molecular formula is C14H30N2S. The fourth-order valence-corrected chi connectivity index (χ4v) is 2.86.